The summed E-state index contributed by atoms with van der Waals surface area (Å²) in [6, 6.07) is 0. The van der Waals surface area contributed by atoms with Gasteiger partial charge in [0.1, 0.15) is 0 Å². The van der Waals surface area contributed by atoms with Crippen molar-refractivity contribution in [3.05, 3.63) is 11.6 Å². The van der Waals surface area contributed by atoms with Crippen LogP contribution in [0.3, 0.4) is 0 Å². The molecule has 0 bridgehead atoms. The number of carbonyl (C=O) groups is 1. The SMILES string of the molecule is CNC1(CC(=O)N2CC=C(C(F)(F)F)CC2)CCCCC1. The highest BCUT2D eigenvalue weighted by Crippen LogP contribution is 2.33. The van der Waals surface area contributed by atoms with Crippen molar-refractivity contribution < 1.29 is 18.0 Å². The summed E-state index contributed by atoms with van der Waals surface area (Å²) in [7, 11) is 1.87. The molecule has 21 heavy (non-hydrogen) atoms. The molecule has 0 aromatic rings. The third-order valence-corrected chi connectivity index (χ3v) is 4.76. The van der Waals surface area contributed by atoms with Gasteiger partial charge in [-0.2, -0.15) is 13.2 Å². The van der Waals surface area contributed by atoms with Gasteiger partial charge in [0.05, 0.1) is 0 Å². The van der Waals surface area contributed by atoms with Gasteiger partial charge in [0, 0.05) is 30.6 Å². The van der Waals surface area contributed by atoms with Gasteiger partial charge in [-0.1, -0.05) is 25.3 Å². The molecule has 0 radical (unpaired) electrons. The van der Waals surface area contributed by atoms with E-state index in [9.17, 15) is 18.0 Å². The quantitative estimate of drug-likeness (QED) is 0.813. The molecule has 0 atom stereocenters. The summed E-state index contributed by atoms with van der Waals surface area (Å²) in [5.74, 6) is -0.0382. The Balaban J connectivity index is 1.94. The number of nitrogens with zero attached hydrogens (tertiary/aromatic N) is 1. The van der Waals surface area contributed by atoms with E-state index in [1.807, 2.05) is 7.05 Å². The molecule has 0 aromatic heterocycles. The van der Waals surface area contributed by atoms with Gasteiger partial charge in [0.25, 0.3) is 0 Å². The van der Waals surface area contributed by atoms with E-state index in [0.29, 0.717) is 6.42 Å². The molecule has 2 aliphatic rings. The Bertz CT molecular complexity index is 412. The highest BCUT2D eigenvalue weighted by Gasteiger charge is 2.37. The molecule has 3 nitrogen and oxygen atoms in total. The van der Waals surface area contributed by atoms with Crippen molar-refractivity contribution in [1.29, 1.82) is 0 Å². The van der Waals surface area contributed by atoms with Gasteiger partial charge in [-0.3, -0.25) is 4.79 Å². The topological polar surface area (TPSA) is 32.3 Å². The molecular formula is C15H23F3N2O. The van der Waals surface area contributed by atoms with Crippen LogP contribution in [0.4, 0.5) is 13.2 Å². The first-order valence-electron chi connectivity index (χ1n) is 7.59. The molecule has 1 heterocycles. The first-order valence-corrected chi connectivity index (χ1v) is 7.59. The largest absolute Gasteiger partial charge is 0.412 e. The number of rotatable bonds is 3. The van der Waals surface area contributed by atoms with Crippen molar-refractivity contribution >= 4 is 5.91 Å². The van der Waals surface area contributed by atoms with Crippen molar-refractivity contribution in [3.8, 4) is 0 Å². The van der Waals surface area contributed by atoms with Crippen LogP contribution >= 0.6 is 0 Å². The Kier molecular flexibility index (Phi) is 4.96. The summed E-state index contributed by atoms with van der Waals surface area (Å²) < 4.78 is 37.7. The van der Waals surface area contributed by atoms with E-state index in [0.717, 1.165) is 31.8 Å². The van der Waals surface area contributed by atoms with Crippen LogP contribution in [0.5, 0.6) is 0 Å². The Labute approximate surface area is 123 Å². The monoisotopic (exact) mass is 304 g/mol. The van der Waals surface area contributed by atoms with Crippen LogP contribution in [0.1, 0.15) is 44.9 Å². The maximum Gasteiger partial charge on any atom is 0.412 e. The molecule has 0 unspecified atom stereocenters. The minimum absolute atomic E-state index is 0.0382. The average molecular weight is 304 g/mol. The fraction of sp³-hybridized carbons (Fsp3) is 0.800. The van der Waals surface area contributed by atoms with Crippen LogP contribution in [0.25, 0.3) is 0 Å². The van der Waals surface area contributed by atoms with E-state index in [-0.39, 0.29) is 31.0 Å². The van der Waals surface area contributed by atoms with Gasteiger partial charge < -0.3 is 10.2 Å². The zero-order valence-corrected chi connectivity index (χ0v) is 12.4. The Hall–Kier alpha value is -1.04. The molecule has 0 spiro atoms. The van der Waals surface area contributed by atoms with Crippen molar-refractivity contribution in [2.45, 2.75) is 56.7 Å². The second kappa shape index (κ2) is 6.38. The highest BCUT2D eigenvalue weighted by molar-refractivity contribution is 5.78. The molecule has 6 heteroatoms. The minimum Gasteiger partial charge on any atom is -0.339 e. The first kappa shape index (κ1) is 16.3. The van der Waals surface area contributed by atoms with Crippen molar-refractivity contribution in [3.63, 3.8) is 0 Å². The Morgan fingerprint density at radius 2 is 2.00 bits per heavy atom. The second-order valence-corrected chi connectivity index (χ2v) is 6.08. The summed E-state index contributed by atoms with van der Waals surface area (Å²) in [5.41, 5.74) is -0.670. The van der Waals surface area contributed by atoms with Crippen LogP contribution in [0, 0.1) is 0 Å². The van der Waals surface area contributed by atoms with Crippen LogP contribution in [0.2, 0.25) is 0 Å². The van der Waals surface area contributed by atoms with Gasteiger partial charge in [0.15, 0.2) is 0 Å². The van der Waals surface area contributed by atoms with Gasteiger partial charge in [-0.15, -0.1) is 0 Å². The summed E-state index contributed by atoms with van der Waals surface area (Å²) in [6.45, 7) is 0.247. The number of hydrogen-bond acceptors (Lipinski definition) is 2. The number of halogens is 3. The van der Waals surface area contributed by atoms with Crippen LogP contribution in [-0.4, -0.2) is 42.7 Å². The lowest BCUT2D eigenvalue weighted by molar-refractivity contribution is -0.134. The number of hydrogen-bond donors (Lipinski definition) is 1. The maximum absolute atomic E-state index is 12.6. The van der Waals surface area contributed by atoms with Crippen molar-refractivity contribution in [2.75, 3.05) is 20.1 Å². The standard InChI is InChI=1S/C15H23F3N2O/c1-19-14(7-3-2-4-8-14)11-13(21)20-9-5-12(6-10-20)15(16,17)18/h5,19H,2-4,6-11H2,1H3. The third kappa shape index (κ3) is 3.99. The van der Waals surface area contributed by atoms with Gasteiger partial charge in [-0.05, 0) is 26.3 Å². The number of amides is 1. The molecule has 120 valence electrons. The lowest BCUT2D eigenvalue weighted by atomic mass is 9.79. The zero-order chi connectivity index (χ0) is 15.5. The summed E-state index contributed by atoms with van der Waals surface area (Å²) >= 11 is 0. The third-order valence-electron chi connectivity index (χ3n) is 4.76. The summed E-state index contributed by atoms with van der Waals surface area (Å²) in [4.78, 5) is 13.9. The van der Waals surface area contributed by atoms with E-state index in [2.05, 4.69) is 5.32 Å². The molecule has 1 saturated carbocycles. The lowest BCUT2D eigenvalue weighted by Gasteiger charge is -2.38. The Morgan fingerprint density at radius 1 is 1.33 bits per heavy atom. The van der Waals surface area contributed by atoms with E-state index >= 15 is 0 Å². The summed E-state index contributed by atoms with van der Waals surface area (Å²) in [5, 5.41) is 3.28. The molecule has 1 N–H and O–H groups in total. The van der Waals surface area contributed by atoms with Gasteiger partial charge >= 0.3 is 6.18 Å². The van der Waals surface area contributed by atoms with Crippen molar-refractivity contribution in [1.82, 2.24) is 10.2 Å². The normalized spacial score (nSPS) is 22.9. The molecule has 1 aliphatic carbocycles. The predicted molar refractivity (Wildman–Crippen MR) is 74.8 cm³/mol. The van der Waals surface area contributed by atoms with Crippen LogP contribution < -0.4 is 5.32 Å². The maximum atomic E-state index is 12.6. The van der Waals surface area contributed by atoms with E-state index in [1.54, 1.807) is 4.90 Å². The van der Waals surface area contributed by atoms with E-state index < -0.39 is 11.7 Å². The molecule has 1 aliphatic heterocycles. The fourth-order valence-corrected chi connectivity index (χ4v) is 3.30. The zero-order valence-electron chi connectivity index (χ0n) is 12.4. The fourth-order valence-electron chi connectivity index (χ4n) is 3.30. The molecule has 0 saturated heterocycles. The van der Waals surface area contributed by atoms with Gasteiger partial charge in [0.2, 0.25) is 5.91 Å². The highest BCUT2D eigenvalue weighted by atomic mass is 19.4. The molecule has 2 rings (SSSR count). The lowest BCUT2D eigenvalue weighted by Crippen LogP contribution is -2.49. The summed E-state index contributed by atoms with van der Waals surface area (Å²) in [6.07, 6.45) is 2.51. The van der Waals surface area contributed by atoms with Crippen molar-refractivity contribution in [2.24, 2.45) is 0 Å². The number of alkyl halides is 3. The van der Waals surface area contributed by atoms with Crippen LogP contribution in [-0.2, 0) is 4.79 Å². The van der Waals surface area contributed by atoms with E-state index in [1.165, 1.54) is 6.42 Å². The minimum atomic E-state index is -4.26. The molecular weight excluding hydrogens is 281 g/mol. The smallest absolute Gasteiger partial charge is 0.339 e. The first-order chi connectivity index (χ1) is 9.86. The molecule has 1 fully saturated rings. The number of carbonyl (C=O) groups excluding carboxylic acids is 1. The predicted octanol–water partition coefficient (Wildman–Crippen LogP) is 3.02. The molecule has 0 aromatic carbocycles. The second-order valence-electron chi connectivity index (χ2n) is 6.08. The average Bonchev–Trinajstić information content (AvgIpc) is 2.47. The molecule has 1 amide bonds. The Morgan fingerprint density at radius 3 is 2.48 bits per heavy atom. The van der Waals surface area contributed by atoms with Gasteiger partial charge in [-0.25, -0.2) is 0 Å². The van der Waals surface area contributed by atoms with E-state index in [4.69, 9.17) is 0 Å². The van der Waals surface area contributed by atoms with Crippen LogP contribution in [0.15, 0.2) is 11.6 Å². The number of nitrogens with one attached hydrogen (secondary N) is 1.